The van der Waals surface area contributed by atoms with Gasteiger partial charge >= 0.3 is 11.9 Å². The average molecular weight is 236 g/mol. The number of esters is 2. The maximum atomic E-state index is 10.3. The van der Waals surface area contributed by atoms with Gasteiger partial charge in [-0.3, -0.25) is 9.59 Å². The van der Waals surface area contributed by atoms with Crippen LogP contribution in [0.15, 0.2) is 0 Å². The molecule has 0 bridgehead atoms. The highest BCUT2D eigenvalue weighted by Crippen LogP contribution is 1.91. The van der Waals surface area contributed by atoms with Crippen LogP contribution in [0.3, 0.4) is 0 Å². The number of hydrogen-bond donors (Lipinski definition) is 1. The highest BCUT2D eigenvalue weighted by Gasteiger charge is 2.04. The second kappa shape index (κ2) is 9.08. The van der Waals surface area contributed by atoms with Crippen LogP contribution in [0.25, 0.3) is 0 Å². The summed E-state index contributed by atoms with van der Waals surface area (Å²) in [4.78, 5) is 20.7. The summed E-state index contributed by atoms with van der Waals surface area (Å²) < 4.78 is 18.5. The molecule has 0 atom stereocenters. The standard InChI is InChI=1S/C9H16O7/c1-7(10)13-3-5-15-9(12)16-6-4-14-8(2)11/h9,12H,3-6H2,1-2H3. The lowest BCUT2D eigenvalue weighted by atomic mass is 10.7. The van der Waals surface area contributed by atoms with E-state index in [1.165, 1.54) is 13.8 Å². The number of aliphatic hydroxyl groups excluding tert-OH is 1. The van der Waals surface area contributed by atoms with Gasteiger partial charge in [-0.2, -0.15) is 0 Å². The van der Waals surface area contributed by atoms with Crippen LogP contribution in [0.1, 0.15) is 13.8 Å². The Morgan fingerprint density at radius 2 is 1.31 bits per heavy atom. The first-order valence-corrected chi connectivity index (χ1v) is 4.70. The second-order valence-corrected chi connectivity index (χ2v) is 2.73. The van der Waals surface area contributed by atoms with Gasteiger partial charge in [0.2, 0.25) is 0 Å². The van der Waals surface area contributed by atoms with Gasteiger partial charge in [0, 0.05) is 13.8 Å². The van der Waals surface area contributed by atoms with E-state index in [0.29, 0.717) is 0 Å². The van der Waals surface area contributed by atoms with E-state index in [1.807, 2.05) is 0 Å². The molecule has 0 radical (unpaired) electrons. The van der Waals surface area contributed by atoms with Gasteiger partial charge in [-0.05, 0) is 0 Å². The molecule has 7 heteroatoms. The molecule has 0 heterocycles. The van der Waals surface area contributed by atoms with Gasteiger partial charge in [-0.1, -0.05) is 0 Å². The summed E-state index contributed by atoms with van der Waals surface area (Å²) in [6.07, 6.45) is 0. The van der Waals surface area contributed by atoms with E-state index < -0.39 is 18.4 Å². The first-order valence-electron chi connectivity index (χ1n) is 4.70. The Kier molecular flexibility index (Phi) is 8.41. The molecule has 7 nitrogen and oxygen atoms in total. The predicted molar refractivity (Wildman–Crippen MR) is 51.2 cm³/mol. The molecule has 0 saturated heterocycles. The highest BCUT2D eigenvalue weighted by molar-refractivity contribution is 5.66. The van der Waals surface area contributed by atoms with E-state index >= 15 is 0 Å². The van der Waals surface area contributed by atoms with Crippen molar-refractivity contribution in [2.45, 2.75) is 20.3 Å². The Hall–Kier alpha value is -1.18. The maximum Gasteiger partial charge on any atom is 0.302 e. The molecular weight excluding hydrogens is 220 g/mol. The van der Waals surface area contributed by atoms with E-state index in [1.54, 1.807) is 0 Å². The fraction of sp³-hybridized carbons (Fsp3) is 0.778. The summed E-state index contributed by atoms with van der Waals surface area (Å²) in [5.74, 6) is -0.845. The van der Waals surface area contributed by atoms with Crippen LogP contribution in [-0.4, -0.2) is 49.9 Å². The van der Waals surface area contributed by atoms with Crippen LogP contribution < -0.4 is 0 Å². The van der Waals surface area contributed by atoms with Crippen molar-refractivity contribution in [3.63, 3.8) is 0 Å². The van der Waals surface area contributed by atoms with Gasteiger partial charge in [-0.15, -0.1) is 0 Å². The zero-order valence-electron chi connectivity index (χ0n) is 9.30. The normalized spacial score (nSPS) is 10.2. The molecule has 1 N–H and O–H groups in total. The minimum absolute atomic E-state index is 0.0221. The van der Waals surface area contributed by atoms with Crippen molar-refractivity contribution >= 4 is 11.9 Å². The predicted octanol–water partition coefficient (Wildman–Crippen LogP) is -0.578. The Balaban J connectivity index is 3.27. The molecule has 0 saturated carbocycles. The van der Waals surface area contributed by atoms with Gasteiger partial charge in [-0.25, -0.2) is 0 Å². The topological polar surface area (TPSA) is 91.3 Å². The van der Waals surface area contributed by atoms with E-state index in [4.69, 9.17) is 14.6 Å². The minimum atomic E-state index is -1.42. The van der Waals surface area contributed by atoms with E-state index in [2.05, 4.69) is 9.47 Å². The smallest absolute Gasteiger partial charge is 0.302 e. The maximum absolute atomic E-state index is 10.3. The van der Waals surface area contributed by atoms with Gasteiger partial charge < -0.3 is 24.1 Å². The first-order chi connectivity index (χ1) is 7.52. The molecule has 0 aromatic heterocycles. The Morgan fingerprint density at radius 3 is 1.62 bits per heavy atom. The Bertz CT molecular complexity index is 194. The quantitative estimate of drug-likeness (QED) is 0.342. The SMILES string of the molecule is CC(=O)OCCOC(O)OCCOC(C)=O. The molecule has 0 aromatic carbocycles. The van der Waals surface area contributed by atoms with Crippen LogP contribution in [0.4, 0.5) is 0 Å². The fourth-order valence-electron chi connectivity index (χ4n) is 0.717. The van der Waals surface area contributed by atoms with Gasteiger partial charge in [0.25, 0.3) is 6.48 Å². The first kappa shape index (κ1) is 14.8. The number of carbonyl (C=O) groups is 2. The molecule has 0 fully saturated rings. The summed E-state index contributed by atoms with van der Waals surface area (Å²) >= 11 is 0. The minimum Gasteiger partial charge on any atom is -0.463 e. The number of carbonyl (C=O) groups excluding carboxylic acids is 2. The van der Waals surface area contributed by atoms with Crippen LogP contribution in [0.2, 0.25) is 0 Å². The molecule has 0 spiro atoms. The molecule has 0 unspecified atom stereocenters. The van der Waals surface area contributed by atoms with Crippen molar-refractivity contribution in [3.8, 4) is 0 Å². The third-order valence-electron chi connectivity index (χ3n) is 1.30. The number of hydrogen-bond acceptors (Lipinski definition) is 7. The molecule has 0 aliphatic carbocycles. The molecular formula is C9H16O7. The summed E-state index contributed by atoms with van der Waals surface area (Å²) in [6, 6.07) is 0. The molecule has 0 aliphatic rings. The second-order valence-electron chi connectivity index (χ2n) is 2.73. The van der Waals surface area contributed by atoms with Crippen molar-refractivity contribution in [2.75, 3.05) is 26.4 Å². The van der Waals surface area contributed by atoms with Crippen molar-refractivity contribution < 1.29 is 33.6 Å². The van der Waals surface area contributed by atoms with E-state index in [9.17, 15) is 9.59 Å². The van der Waals surface area contributed by atoms with Crippen molar-refractivity contribution in [1.82, 2.24) is 0 Å². The third kappa shape index (κ3) is 10.9. The van der Waals surface area contributed by atoms with Gasteiger partial charge in [0.1, 0.15) is 13.2 Å². The summed E-state index contributed by atoms with van der Waals surface area (Å²) in [5, 5.41) is 9.05. The third-order valence-corrected chi connectivity index (χ3v) is 1.30. The lowest BCUT2D eigenvalue weighted by Gasteiger charge is -2.12. The van der Waals surface area contributed by atoms with E-state index in [0.717, 1.165) is 0 Å². The molecule has 94 valence electrons. The van der Waals surface area contributed by atoms with Gasteiger partial charge in [0.05, 0.1) is 13.2 Å². The van der Waals surface area contributed by atoms with Crippen LogP contribution in [0, 0.1) is 0 Å². The monoisotopic (exact) mass is 236 g/mol. The average Bonchev–Trinajstić information content (AvgIpc) is 2.19. The highest BCUT2D eigenvalue weighted by atomic mass is 16.8. The zero-order chi connectivity index (χ0) is 12.4. The number of rotatable bonds is 8. The Morgan fingerprint density at radius 1 is 0.938 bits per heavy atom. The molecule has 0 aliphatic heterocycles. The van der Waals surface area contributed by atoms with Crippen molar-refractivity contribution in [1.29, 1.82) is 0 Å². The lowest BCUT2D eigenvalue weighted by molar-refractivity contribution is -0.268. The summed E-state index contributed by atoms with van der Waals surface area (Å²) in [7, 11) is 0. The lowest BCUT2D eigenvalue weighted by Crippen LogP contribution is -2.22. The number of ether oxygens (including phenoxy) is 4. The Labute approximate surface area is 93.2 Å². The fourth-order valence-corrected chi connectivity index (χ4v) is 0.717. The van der Waals surface area contributed by atoms with Crippen molar-refractivity contribution in [3.05, 3.63) is 0 Å². The number of aliphatic hydroxyl groups is 1. The molecule has 0 rings (SSSR count). The van der Waals surface area contributed by atoms with Crippen LogP contribution >= 0.6 is 0 Å². The largest absolute Gasteiger partial charge is 0.463 e. The molecule has 0 aromatic rings. The zero-order valence-corrected chi connectivity index (χ0v) is 9.30. The summed E-state index contributed by atoms with van der Waals surface area (Å²) in [5.41, 5.74) is 0. The van der Waals surface area contributed by atoms with Crippen LogP contribution in [-0.2, 0) is 28.5 Å². The van der Waals surface area contributed by atoms with Crippen LogP contribution in [0.5, 0.6) is 0 Å². The molecule has 0 amide bonds. The van der Waals surface area contributed by atoms with E-state index in [-0.39, 0.29) is 26.4 Å². The molecule has 16 heavy (non-hydrogen) atoms. The van der Waals surface area contributed by atoms with Crippen molar-refractivity contribution in [2.24, 2.45) is 0 Å². The summed E-state index contributed by atoms with van der Waals surface area (Å²) in [6.45, 7) is 1.24. The van der Waals surface area contributed by atoms with Gasteiger partial charge in [0.15, 0.2) is 0 Å².